The van der Waals surface area contributed by atoms with Crippen LogP contribution in [0.3, 0.4) is 0 Å². The normalized spacial score (nSPS) is 18.3. The number of nitrogens with one attached hydrogen (secondary N) is 1. The molecule has 49 heavy (non-hydrogen) atoms. The minimum Gasteiger partial charge on any atom is -0.475 e. The lowest BCUT2D eigenvalue weighted by molar-refractivity contribution is 0.0537. The zero-order chi connectivity index (χ0) is 34.7. The van der Waals surface area contributed by atoms with Gasteiger partial charge in [-0.05, 0) is 79.8 Å². The summed E-state index contributed by atoms with van der Waals surface area (Å²) in [5.41, 5.74) is 6.95. The van der Waals surface area contributed by atoms with Crippen molar-refractivity contribution < 1.29 is 17.9 Å². The summed E-state index contributed by atoms with van der Waals surface area (Å²) in [5.74, 6) is 0.0721. The molecule has 4 bridgehead atoms. The minimum atomic E-state index is -4.17. The summed E-state index contributed by atoms with van der Waals surface area (Å²) in [6.07, 6.45) is 4.50. The molecule has 254 valence electrons. The Bertz CT molecular complexity index is 2190. The van der Waals surface area contributed by atoms with Crippen LogP contribution < -0.4 is 9.46 Å². The SMILES string of the molecule is Cc1cccc(C)c1-c1cc2nc(n1)NS(=O)(=O)c1cccc(c1)C(=O)N(Cc1cnc3cc(C(C)C)n(C)c3n1)[C@H](CC1(C)CC1)CO2. The smallest absolute Gasteiger partial charge is 0.264 e. The topological polar surface area (TPSA) is 132 Å². The number of benzene rings is 2. The Labute approximate surface area is 286 Å². The fourth-order valence-electron chi connectivity index (χ4n) is 6.76. The molecule has 1 saturated carbocycles. The second-order valence-electron chi connectivity index (χ2n) is 14.1. The first-order chi connectivity index (χ1) is 23.3. The predicted molar refractivity (Wildman–Crippen MR) is 188 cm³/mol. The third kappa shape index (κ3) is 6.49. The van der Waals surface area contributed by atoms with Gasteiger partial charge in [0.05, 0.1) is 35.1 Å². The molecule has 1 aliphatic carbocycles. The quantitative estimate of drug-likeness (QED) is 0.214. The van der Waals surface area contributed by atoms with Gasteiger partial charge in [0.25, 0.3) is 15.9 Å². The van der Waals surface area contributed by atoms with Crippen LogP contribution in [-0.2, 0) is 23.6 Å². The van der Waals surface area contributed by atoms with Gasteiger partial charge in [-0.3, -0.25) is 9.78 Å². The van der Waals surface area contributed by atoms with Crippen molar-refractivity contribution in [2.24, 2.45) is 12.5 Å². The number of fused-ring (bicyclic) bond motifs is 5. The number of aromatic nitrogens is 5. The largest absolute Gasteiger partial charge is 0.475 e. The first-order valence-electron chi connectivity index (χ1n) is 16.6. The van der Waals surface area contributed by atoms with Crippen molar-refractivity contribution in [3.63, 3.8) is 0 Å². The van der Waals surface area contributed by atoms with Gasteiger partial charge < -0.3 is 14.2 Å². The van der Waals surface area contributed by atoms with E-state index in [2.05, 4.69) is 35.5 Å². The standard InChI is InChI=1S/C37H41N7O4S/c1-22(2)31-16-30-34(43(31)6)39-26(19-38-30)20-44-27(18-37(5)13-14-37)21-48-32-17-29(33-23(3)9-7-10-24(33)4)40-36(41-32)42-49(46,47)28-12-8-11-25(15-28)35(44)45/h7-12,15-17,19,22,27H,13-14,18,20-21H2,1-6H3,(H,40,41,42)/t27-/m1/s1. The minimum absolute atomic E-state index is 0.0490. The number of amides is 1. The molecule has 2 aliphatic rings. The van der Waals surface area contributed by atoms with E-state index in [-0.39, 0.29) is 52.8 Å². The first kappa shape index (κ1) is 32.7. The molecule has 4 heterocycles. The molecular formula is C37H41N7O4S. The number of nitrogens with zero attached hydrogens (tertiary/aromatic N) is 6. The number of carbonyl (C=O) groups excluding carboxylic acids is 1. The van der Waals surface area contributed by atoms with Crippen LogP contribution in [0.1, 0.15) is 78.8 Å². The molecule has 1 N–H and O–H groups in total. The Morgan fingerprint density at radius 3 is 2.47 bits per heavy atom. The second-order valence-corrected chi connectivity index (χ2v) is 15.8. The lowest BCUT2D eigenvalue weighted by Gasteiger charge is -2.33. The average Bonchev–Trinajstić information content (AvgIpc) is 3.69. The van der Waals surface area contributed by atoms with Crippen LogP contribution in [-0.4, -0.2) is 56.4 Å². The van der Waals surface area contributed by atoms with Crippen molar-refractivity contribution in [1.82, 2.24) is 29.4 Å². The van der Waals surface area contributed by atoms with Gasteiger partial charge in [-0.1, -0.05) is 45.0 Å². The molecule has 3 aromatic heterocycles. The Morgan fingerprint density at radius 1 is 1.02 bits per heavy atom. The van der Waals surface area contributed by atoms with Gasteiger partial charge >= 0.3 is 0 Å². The Hall–Kier alpha value is -4.84. The Kier molecular flexibility index (Phi) is 8.17. The monoisotopic (exact) mass is 679 g/mol. The number of aryl methyl sites for hydroxylation is 3. The molecule has 1 aliphatic heterocycles. The highest BCUT2D eigenvalue weighted by atomic mass is 32.2. The number of carbonyl (C=O) groups is 1. The maximum Gasteiger partial charge on any atom is 0.264 e. The van der Waals surface area contributed by atoms with Crippen molar-refractivity contribution in [2.75, 3.05) is 11.3 Å². The third-order valence-electron chi connectivity index (χ3n) is 9.76. The van der Waals surface area contributed by atoms with Gasteiger partial charge in [-0.2, -0.15) is 4.98 Å². The lowest BCUT2D eigenvalue weighted by Crippen LogP contribution is -2.44. The molecule has 0 unspecified atom stereocenters. The van der Waals surface area contributed by atoms with Gasteiger partial charge in [0.1, 0.15) is 12.1 Å². The van der Waals surface area contributed by atoms with Crippen LogP contribution in [0.4, 0.5) is 5.95 Å². The second kappa shape index (κ2) is 12.2. The highest BCUT2D eigenvalue weighted by Crippen LogP contribution is 2.49. The van der Waals surface area contributed by atoms with Gasteiger partial charge in [-0.15, -0.1) is 0 Å². The molecule has 5 aromatic rings. The summed E-state index contributed by atoms with van der Waals surface area (Å²) in [7, 11) is -2.19. The molecule has 1 fully saturated rings. The molecule has 2 aromatic carbocycles. The summed E-state index contributed by atoms with van der Waals surface area (Å²) >= 11 is 0. The number of anilines is 1. The van der Waals surface area contributed by atoms with Crippen molar-refractivity contribution in [3.05, 3.63) is 88.9 Å². The molecule has 0 radical (unpaired) electrons. The van der Waals surface area contributed by atoms with Gasteiger partial charge in [0.15, 0.2) is 5.65 Å². The van der Waals surface area contributed by atoms with E-state index in [9.17, 15) is 13.2 Å². The zero-order valence-corrected chi connectivity index (χ0v) is 29.5. The maximum atomic E-state index is 14.5. The molecule has 1 atom stereocenters. The summed E-state index contributed by atoms with van der Waals surface area (Å²) in [5, 5.41) is 0. The Balaban J connectivity index is 1.35. The Morgan fingerprint density at radius 2 is 1.76 bits per heavy atom. The summed E-state index contributed by atoms with van der Waals surface area (Å²) in [6.45, 7) is 10.7. The number of rotatable bonds is 6. The summed E-state index contributed by atoms with van der Waals surface area (Å²) in [6, 6.07) is 15.4. The van der Waals surface area contributed by atoms with Crippen LogP contribution in [0.15, 0.2) is 65.7 Å². The van der Waals surface area contributed by atoms with Crippen molar-refractivity contribution in [2.45, 2.75) is 77.3 Å². The number of sulfonamides is 1. The third-order valence-corrected chi connectivity index (χ3v) is 11.1. The zero-order valence-electron chi connectivity index (χ0n) is 28.7. The highest BCUT2D eigenvalue weighted by Gasteiger charge is 2.42. The molecule has 0 spiro atoms. The van der Waals surface area contributed by atoms with E-state index < -0.39 is 10.0 Å². The first-order valence-corrected chi connectivity index (χ1v) is 18.1. The number of hydrogen-bond acceptors (Lipinski definition) is 8. The van der Waals surface area contributed by atoms with E-state index in [1.807, 2.05) is 49.7 Å². The fraction of sp³-hybridized carbons (Fsp3) is 0.378. The van der Waals surface area contributed by atoms with Crippen LogP contribution >= 0.6 is 0 Å². The lowest BCUT2D eigenvalue weighted by atomic mass is 9.97. The summed E-state index contributed by atoms with van der Waals surface area (Å²) in [4.78, 5) is 35.0. The molecule has 11 nitrogen and oxygen atoms in total. The molecule has 0 saturated heterocycles. The van der Waals surface area contributed by atoms with Gasteiger partial charge in [0, 0.05) is 29.9 Å². The van der Waals surface area contributed by atoms with E-state index in [0.29, 0.717) is 23.7 Å². The fourth-order valence-corrected chi connectivity index (χ4v) is 7.75. The molecular weight excluding hydrogens is 639 g/mol. The number of hydrogen-bond donors (Lipinski definition) is 1. The molecule has 7 rings (SSSR count). The maximum absolute atomic E-state index is 14.5. The van der Waals surface area contributed by atoms with Gasteiger partial charge in [0.2, 0.25) is 11.8 Å². The molecule has 12 heteroatoms. The van der Waals surface area contributed by atoms with Crippen molar-refractivity contribution in [1.29, 1.82) is 0 Å². The van der Waals surface area contributed by atoms with E-state index in [1.165, 1.54) is 12.1 Å². The van der Waals surface area contributed by atoms with Crippen LogP contribution in [0.5, 0.6) is 5.88 Å². The van der Waals surface area contributed by atoms with E-state index in [0.717, 1.165) is 46.4 Å². The van der Waals surface area contributed by atoms with Gasteiger partial charge in [-0.25, -0.2) is 23.1 Å². The highest BCUT2D eigenvalue weighted by molar-refractivity contribution is 7.92. The van der Waals surface area contributed by atoms with Crippen molar-refractivity contribution in [3.8, 4) is 17.1 Å². The van der Waals surface area contributed by atoms with Crippen LogP contribution in [0.2, 0.25) is 0 Å². The van der Waals surface area contributed by atoms with E-state index >= 15 is 0 Å². The number of ether oxygens (including phenoxy) is 1. The van der Waals surface area contributed by atoms with E-state index in [1.54, 1.807) is 29.3 Å². The molecule has 1 amide bonds. The van der Waals surface area contributed by atoms with Crippen LogP contribution in [0.25, 0.3) is 22.4 Å². The average molecular weight is 680 g/mol. The van der Waals surface area contributed by atoms with E-state index in [4.69, 9.17) is 14.7 Å². The van der Waals surface area contributed by atoms with Crippen molar-refractivity contribution >= 4 is 33.0 Å². The summed E-state index contributed by atoms with van der Waals surface area (Å²) < 4.78 is 38.5. The predicted octanol–water partition coefficient (Wildman–Crippen LogP) is 6.56. The van der Waals surface area contributed by atoms with Crippen LogP contribution in [0, 0.1) is 19.3 Å².